The SMILES string of the molecule is Cc1nn(Cc2cc(F)c(S(=O)(=O)N(C)C)cc2F)c(C)c1C/C(F)=C/CN.Cl. The normalized spacial score (nSPS) is 12.4. The highest BCUT2D eigenvalue weighted by molar-refractivity contribution is 7.89. The Morgan fingerprint density at radius 3 is 2.41 bits per heavy atom. The summed E-state index contributed by atoms with van der Waals surface area (Å²) in [5.41, 5.74) is 7.03. The number of sulfonamides is 1. The second-order valence-electron chi connectivity index (χ2n) is 6.53. The Kier molecular flexibility index (Phi) is 8.46. The Morgan fingerprint density at radius 2 is 1.86 bits per heavy atom. The van der Waals surface area contributed by atoms with E-state index in [1.165, 1.54) is 24.9 Å². The van der Waals surface area contributed by atoms with Gasteiger partial charge in [-0.2, -0.15) is 5.10 Å². The van der Waals surface area contributed by atoms with Crippen molar-refractivity contribution in [2.24, 2.45) is 5.73 Å². The van der Waals surface area contributed by atoms with Gasteiger partial charge < -0.3 is 5.73 Å². The number of benzene rings is 1. The van der Waals surface area contributed by atoms with Gasteiger partial charge in [0.2, 0.25) is 10.0 Å². The number of allylic oxidation sites excluding steroid dienone is 1. The second kappa shape index (κ2) is 9.75. The molecule has 0 amide bonds. The molecule has 0 atom stereocenters. The monoisotopic (exact) mass is 452 g/mol. The van der Waals surface area contributed by atoms with Crippen LogP contribution in [0.4, 0.5) is 13.2 Å². The minimum absolute atomic E-state index is 0. The quantitative estimate of drug-likeness (QED) is 0.700. The first-order chi connectivity index (χ1) is 13.0. The van der Waals surface area contributed by atoms with Crippen LogP contribution in [0.5, 0.6) is 0 Å². The highest BCUT2D eigenvalue weighted by atomic mass is 35.5. The molecule has 0 aliphatic carbocycles. The Hall–Kier alpha value is -1.88. The molecule has 0 fully saturated rings. The van der Waals surface area contributed by atoms with E-state index >= 15 is 0 Å². The molecule has 0 radical (unpaired) electrons. The fraction of sp³-hybridized carbons (Fsp3) is 0.389. The summed E-state index contributed by atoms with van der Waals surface area (Å²) in [6.07, 6.45) is 1.26. The molecule has 11 heteroatoms. The van der Waals surface area contributed by atoms with Crippen molar-refractivity contribution in [1.82, 2.24) is 14.1 Å². The number of nitrogens with two attached hydrogens (primary N) is 1. The first-order valence-electron chi connectivity index (χ1n) is 8.47. The minimum Gasteiger partial charge on any atom is -0.327 e. The molecular weight excluding hydrogens is 429 g/mol. The fourth-order valence-electron chi connectivity index (χ4n) is 2.76. The summed E-state index contributed by atoms with van der Waals surface area (Å²) in [5, 5.41) is 4.26. The smallest absolute Gasteiger partial charge is 0.245 e. The maximum Gasteiger partial charge on any atom is 0.245 e. The van der Waals surface area contributed by atoms with Crippen LogP contribution in [0.2, 0.25) is 0 Å². The van der Waals surface area contributed by atoms with Crippen molar-refractivity contribution in [3.63, 3.8) is 0 Å². The molecule has 0 aliphatic rings. The summed E-state index contributed by atoms with van der Waals surface area (Å²) in [4.78, 5) is -0.734. The van der Waals surface area contributed by atoms with Gasteiger partial charge in [0.15, 0.2) is 0 Å². The van der Waals surface area contributed by atoms with Crippen molar-refractivity contribution in [1.29, 1.82) is 0 Å². The van der Waals surface area contributed by atoms with Crippen LogP contribution in [0.1, 0.15) is 22.5 Å². The molecule has 2 N–H and O–H groups in total. The standard InChI is InChI=1S/C18H23F3N4O2S.ClH/c1-11-15(8-14(19)5-6-22)12(2)25(23-11)10-13-7-17(21)18(9-16(13)20)28(26,27)24(3)4;/h5,7,9H,6,8,10,22H2,1-4H3;1H/b14-5-;. The van der Waals surface area contributed by atoms with Crippen molar-refractivity contribution in [2.75, 3.05) is 20.6 Å². The van der Waals surface area contributed by atoms with Crippen LogP contribution in [0.3, 0.4) is 0 Å². The largest absolute Gasteiger partial charge is 0.327 e. The van der Waals surface area contributed by atoms with Crippen molar-refractivity contribution in [3.05, 3.63) is 58.2 Å². The van der Waals surface area contributed by atoms with Crippen molar-refractivity contribution >= 4 is 22.4 Å². The Labute approximate surface area is 174 Å². The third-order valence-electron chi connectivity index (χ3n) is 4.40. The second-order valence-corrected chi connectivity index (χ2v) is 8.65. The molecule has 0 bridgehead atoms. The van der Waals surface area contributed by atoms with E-state index in [-0.39, 0.29) is 37.5 Å². The molecule has 0 saturated carbocycles. The number of halogens is 4. The number of hydrogen-bond donors (Lipinski definition) is 1. The number of hydrogen-bond acceptors (Lipinski definition) is 4. The van der Waals surface area contributed by atoms with Crippen LogP contribution in [0, 0.1) is 25.5 Å². The topological polar surface area (TPSA) is 81.2 Å². The lowest BCUT2D eigenvalue weighted by Crippen LogP contribution is -2.23. The van der Waals surface area contributed by atoms with Gasteiger partial charge >= 0.3 is 0 Å². The van der Waals surface area contributed by atoms with E-state index in [1.807, 2.05) is 0 Å². The summed E-state index contributed by atoms with van der Waals surface area (Å²) in [7, 11) is -1.65. The Morgan fingerprint density at radius 1 is 1.24 bits per heavy atom. The Balaban J connectivity index is 0.00000420. The van der Waals surface area contributed by atoms with Crippen LogP contribution >= 0.6 is 12.4 Å². The lowest BCUT2D eigenvalue weighted by molar-refractivity contribution is 0.499. The van der Waals surface area contributed by atoms with Crippen molar-refractivity contribution < 1.29 is 21.6 Å². The van der Waals surface area contributed by atoms with E-state index in [1.54, 1.807) is 13.8 Å². The van der Waals surface area contributed by atoms with Crippen LogP contribution in [0.25, 0.3) is 0 Å². The molecule has 1 aromatic carbocycles. The summed E-state index contributed by atoms with van der Waals surface area (Å²) in [5.74, 6) is -2.32. The van der Waals surface area contributed by atoms with Crippen LogP contribution in [-0.2, 0) is 23.0 Å². The molecule has 2 aromatic rings. The van der Waals surface area contributed by atoms with E-state index in [9.17, 15) is 21.6 Å². The van der Waals surface area contributed by atoms with Crippen molar-refractivity contribution in [3.8, 4) is 0 Å². The predicted molar refractivity (Wildman–Crippen MR) is 107 cm³/mol. The highest BCUT2D eigenvalue weighted by Gasteiger charge is 2.24. The molecule has 0 unspecified atom stereocenters. The van der Waals surface area contributed by atoms with Crippen LogP contribution in [0.15, 0.2) is 28.9 Å². The maximum absolute atomic E-state index is 14.5. The molecule has 0 aliphatic heterocycles. The summed E-state index contributed by atoms with van der Waals surface area (Å²) in [6.45, 7) is 3.34. The zero-order valence-corrected chi connectivity index (χ0v) is 18.2. The van der Waals surface area contributed by atoms with Crippen molar-refractivity contribution in [2.45, 2.75) is 31.7 Å². The summed E-state index contributed by atoms with van der Waals surface area (Å²) < 4.78 is 69.0. The third kappa shape index (κ3) is 5.39. The van der Waals surface area contributed by atoms with Crippen LogP contribution in [-0.4, -0.2) is 43.1 Å². The molecule has 1 aromatic heterocycles. The number of aryl methyl sites for hydroxylation is 1. The van der Waals surface area contributed by atoms with E-state index < -0.39 is 32.4 Å². The number of aromatic nitrogens is 2. The van der Waals surface area contributed by atoms with Gasteiger partial charge in [0.1, 0.15) is 22.4 Å². The van der Waals surface area contributed by atoms with Gasteiger partial charge in [-0.05, 0) is 32.1 Å². The lowest BCUT2D eigenvalue weighted by atomic mass is 10.1. The van der Waals surface area contributed by atoms with E-state index in [4.69, 9.17) is 5.73 Å². The van der Waals surface area contributed by atoms with Gasteiger partial charge in [-0.15, -0.1) is 12.4 Å². The van der Waals surface area contributed by atoms with E-state index in [2.05, 4.69) is 5.10 Å². The first kappa shape index (κ1) is 25.2. The molecule has 29 heavy (non-hydrogen) atoms. The van der Waals surface area contributed by atoms with Gasteiger partial charge in [-0.3, -0.25) is 4.68 Å². The highest BCUT2D eigenvalue weighted by Crippen LogP contribution is 2.24. The molecular formula is C18H24ClF3N4O2S. The Bertz CT molecular complexity index is 1020. The van der Waals surface area contributed by atoms with E-state index in [0.29, 0.717) is 23.0 Å². The average molecular weight is 453 g/mol. The molecule has 2 rings (SSSR count). The molecule has 0 spiro atoms. The molecule has 0 saturated heterocycles. The maximum atomic E-state index is 14.5. The molecule has 1 heterocycles. The minimum atomic E-state index is -4.11. The van der Waals surface area contributed by atoms with Crippen LogP contribution < -0.4 is 5.73 Å². The molecule has 6 nitrogen and oxygen atoms in total. The lowest BCUT2D eigenvalue weighted by Gasteiger charge is -2.14. The average Bonchev–Trinajstić information content (AvgIpc) is 2.85. The number of nitrogens with zero attached hydrogens (tertiary/aromatic N) is 3. The van der Waals surface area contributed by atoms with Gasteiger partial charge in [-0.1, -0.05) is 0 Å². The van der Waals surface area contributed by atoms with Gasteiger partial charge in [-0.25, -0.2) is 25.9 Å². The molecule has 162 valence electrons. The zero-order valence-electron chi connectivity index (χ0n) is 16.5. The first-order valence-corrected chi connectivity index (χ1v) is 9.91. The summed E-state index contributed by atoms with van der Waals surface area (Å²) in [6, 6.07) is 1.51. The number of rotatable bonds is 7. The van der Waals surface area contributed by atoms with Gasteiger partial charge in [0.05, 0.1) is 12.2 Å². The zero-order chi connectivity index (χ0) is 21.2. The predicted octanol–water partition coefficient (Wildman–Crippen LogP) is 2.85. The summed E-state index contributed by atoms with van der Waals surface area (Å²) >= 11 is 0. The van der Waals surface area contributed by atoms with Gasteiger partial charge in [0.25, 0.3) is 0 Å². The third-order valence-corrected chi connectivity index (χ3v) is 6.23. The van der Waals surface area contributed by atoms with E-state index in [0.717, 1.165) is 10.4 Å². The van der Waals surface area contributed by atoms with Gasteiger partial charge in [0, 0.05) is 43.9 Å². The fourth-order valence-corrected chi connectivity index (χ4v) is 3.71.